The van der Waals surface area contributed by atoms with E-state index < -0.39 is 17.6 Å². The van der Waals surface area contributed by atoms with Crippen LogP contribution in [0.3, 0.4) is 0 Å². The van der Waals surface area contributed by atoms with Crippen LogP contribution >= 0.6 is 23.4 Å². The molecular formula is C30H31ClFN5O5S. The maximum absolute atomic E-state index is 14.0. The highest BCUT2D eigenvalue weighted by atomic mass is 35.5. The third kappa shape index (κ3) is 8.17. The van der Waals surface area contributed by atoms with Crippen LogP contribution in [0.4, 0.5) is 10.1 Å². The van der Waals surface area contributed by atoms with Gasteiger partial charge in [-0.1, -0.05) is 41.6 Å². The van der Waals surface area contributed by atoms with Gasteiger partial charge in [-0.25, -0.2) is 4.39 Å². The highest BCUT2D eigenvalue weighted by Crippen LogP contribution is 2.39. The Bertz CT molecular complexity index is 1560. The number of nitrogens with zero attached hydrogens (tertiary/aromatic N) is 3. The number of hydrogen-bond donors (Lipinski definition) is 2. The van der Waals surface area contributed by atoms with Gasteiger partial charge in [0.05, 0.1) is 43.5 Å². The smallest absolute Gasteiger partial charge is 0.251 e. The molecule has 0 spiro atoms. The van der Waals surface area contributed by atoms with Gasteiger partial charge in [-0.2, -0.15) is 0 Å². The van der Waals surface area contributed by atoms with Crippen LogP contribution in [0, 0.1) is 5.82 Å². The molecule has 0 saturated heterocycles. The number of thioether (sulfide) groups is 1. The SMILES string of the molecule is CCOc1cc(C(=O)NCc2nnc(SCC(=O)Nc3ccccc3F)n2-c2cccc(Cl)c2)cc(OCC)c1OCC. The molecule has 0 fully saturated rings. The molecule has 226 valence electrons. The zero-order valence-electron chi connectivity index (χ0n) is 23.9. The second kappa shape index (κ2) is 15.3. The van der Waals surface area contributed by atoms with Crippen LogP contribution in [0.5, 0.6) is 17.2 Å². The molecule has 0 unspecified atom stereocenters. The summed E-state index contributed by atoms with van der Waals surface area (Å²) in [6, 6.07) is 16.1. The Labute approximate surface area is 257 Å². The first kappa shape index (κ1) is 31.6. The predicted octanol–water partition coefficient (Wildman–Crippen LogP) is 5.92. The Kier molecular flexibility index (Phi) is 11.2. The lowest BCUT2D eigenvalue weighted by Crippen LogP contribution is -2.25. The Morgan fingerprint density at radius 1 is 0.930 bits per heavy atom. The fourth-order valence-corrected chi connectivity index (χ4v) is 5.00. The highest BCUT2D eigenvalue weighted by Gasteiger charge is 2.21. The molecule has 0 aliphatic heterocycles. The van der Waals surface area contributed by atoms with E-state index in [1.165, 1.54) is 12.1 Å². The molecule has 1 heterocycles. The van der Waals surface area contributed by atoms with Crippen LogP contribution in [0.1, 0.15) is 37.0 Å². The maximum atomic E-state index is 14.0. The van der Waals surface area contributed by atoms with Crippen molar-refractivity contribution in [2.75, 3.05) is 30.9 Å². The molecule has 4 rings (SSSR count). The van der Waals surface area contributed by atoms with Crippen molar-refractivity contribution in [3.63, 3.8) is 0 Å². The molecule has 0 aliphatic carbocycles. The first-order chi connectivity index (χ1) is 20.8. The fourth-order valence-electron chi connectivity index (χ4n) is 4.04. The van der Waals surface area contributed by atoms with Crippen molar-refractivity contribution in [3.05, 3.63) is 82.9 Å². The van der Waals surface area contributed by atoms with Gasteiger partial charge in [0.2, 0.25) is 11.7 Å². The molecule has 0 bridgehead atoms. The quantitative estimate of drug-likeness (QED) is 0.166. The number of ether oxygens (including phenoxy) is 3. The second-order valence-electron chi connectivity index (χ2n) is 8.81. The van der Waals surface area contributed by atoms with E-state index in [9.17, 15) is 14.0 Å². The van der Waals surface area contributed by atoms with E-state index in [1.807, 2.05) is 20.8 Å². The Morgan fingerprint density at radius 3 is 2.28 bits per heavy atom. The molecule has 2 N–H and O–H groups in total. The van der Waals surface area contributed by atoms with Crippen molar-refractivity contribution in [1.82, 2.24) is 20.1 Å². The summed E-state index contributed by atoms with van der Waals surface area (Å²) in [6.45, 7) is 6.67. The summed E-state index contributed by atoms with van der Waals surface area (Å²) < 4.78 is 32.9. The molecule has 0 aliphatic rings. The van der Waals surface area contributed by atoms with Crippen molar-refractivity contribution in [2.45, 2.75) is 32.5 Å². The number of nitrogens with one attached hydrogen (secondary N) is 2. The molecule has 13 heteroatoms. The molecule has 0 saturated carbocycles. The van der Waals surface area contributed by atoms with Gasteiger partial charge < -0.3 is 24.8 Å². The monoisotopic (exact) mass is 627 g/mol. The molecule has 4 aromatic rings. The number of amides is 2. The standard InChI is InChI=1S/C30H31ClFN5O5S/c1-4-40-24-14-19(15-25(41-5-2)28(24)42-6-3)29(39)33-17-26-35-36-30(37(26)21-11-9-10-20(31)16-21)43-18-27(38)34-23-13-8-7-12-22(23)32/h7-16H,4-6,17-18H2,1-3H3,(H,33,39)(H,34,38). The van der Waals surface area contributed by atoms with Gasteiger partial charge >= 0.3 is 0 Å². The molecule has 0 atom stereocenters. The summed E-state index contributed by atoms with van der Waals surface area (Å²) in [5.74, 6) is 0.213. The number of para-hydroxylation sites is 1. The molecule has 43 heavy (non-hydrogen) atoms. The van der Waals surface area contributed by atoms with Crippen LogP contribution in [-0.2, 0) is 11.3 Å². The van der Waals surface area contributed by atoms with E-state index in [-0.39, 0.29) is 18.0 Å². The molecular weight excluding hydrogens is 597 g/mol. The number of carbonyl (C=O) groups excluding carboxylic acids is 2. The Hall–Kier alpha value is -4.29. The molecule has 0 radical (unpaired) electrons. The molecule has 10 nitrogen and oxygen atoms in total. The highest BCUT2D eigenvalue weighted by molar-refractivity contribution is 7.99. The van der Waals surface area contributed by atoms with Crippen LogP contribution in [0.15, 0.2) is 65.8 Å². The minimum Gasteiger partial charge on any atom is -0.490 e. The summed E-state index contributed by atoms with van der Waals surface area (Å²) in [6.07, 6.45) is 0. The number of anilines is 1. The van der Waals surface area contributed by atoms with E-state index in [4.69, 9.17) is 25.8 Å². The van der Waals surface area contributed by atoms with Gasteiger partial charge in [-0.15, -0.1) is 10.2 Å². The van der Waals surface area contributed by atoms with Gasteiger partial charge in [-0.3, -0.25) is 14.2 Å². The van der Waals surface area contributed by atoms with Gasteiger partial charge in [0.25, 0.3) is 5.91 Å². The van der Waals surface area contributed by atoms with Gasteiger partial charge in [0, 0.05) is 10.6 Å². The average Bonchev–Trinajstić information content (AvgIpc) is 3.40. The van der Waals surface area contributed by atoms with Crippen LogP contribution in [0.2, 0.25) is 5.02 Å². The number of halogens is 2. The first-order valence-electron chi connectivity index (χ1n) is 13.6. The number of benzene rings is 3. The van der Waals surface area contributed by atoms with E-state index in [2.05, 4.69) is 20.8 Å². The zero-order chi connectivity index (χ0) is 30.8. The lowest BCUT2D eigenvalue weighted by Gasteiger charge is -2.17. The van der Waals surface area contributed by atoms with Crippen LogP contribution in [-0.4, -0.2) is 52.2 Å². The Balaban J connectivity index is 1.55. The predicted molar refractivity (Wildman–Crippen MR) is 163 cm³/mol. The van der Waals surface area contributed by atoms with Crippen molar-refractivity contribution < 1.29 is 28.2 Å². The first-order valence-corrected chi connectivity index (χ1v) is 14.9. The summed E-state index contributed by atoms with van der Waals surface area (Å²) in [7, 11) is 0. The van der Waals surface area contributed by atoms with Gasteiger partial charge in [0.15, 0.2) is 22.5 Å². The third-order valence-corrected chi connectivity index (χ3v) is 6.99. The number of hydrogen-bond acceptors (Lipinski definition) is 8. The largest absolute Gasteiger partial charge is 0.490 e. The van der Waals surface area contributed by atoms with Crippen molar-refractivity contribution in [2.24, 2.45) is 0 Å². The maximum Gasteiger partial charge on any atom is 0.251 e. The summed E-state index contributed by atoms with van der Waals surface area (Å²) in [4.78, 5) is 25.9. The third-order valence-electron chi connectivity index (χ3n) is 5.83. The summed E-state index contributed by atoms with van der Waals surface area (Å²) in [5, 5.41) is 14.8. The van der Waals surface area contributed by atoms with E-state index in [0.29, 0.717) is 64.3 Å². The normalized spacial score (nSPS) is 10.7. The molecule has 2 amide bonds. The lowest BCUT2D eigenvalue weighted by atomic mass is 10.1. The fraction of sp³-hybridized carbons (Fsp3) is 0.267. The number of rotatable bonds is 14. The number of aromatic nitrogens is 3. The Morgan fingerprint density at radius 2 is 1.63 bits per heavy atom. The summed E-state index contributed by atoms with van der Waals surface area (Å²) >= 11 is 7.36. The summed E-state index contributed by atoms with van der Waals surface area (Å²) in [5.41, 5.74) is 1.03. The van der Waals surface area contributed by atoms with E-state index in [0.717, 1.165) is 11.8 Å². The van der Waals surface area contributed by atoms with Gasteiger partial charge in [0.1, 0.15) is 5.82 Å². The lowest BCUT2D eigenvalue weighted by molar-refractivity contribution is -0.113. The molecule has 3 aromatic carbocycles. The average molecular weight is 628 g/mol. The second-order valence-corrected chi connectivity index (χ2v) is 10.2. The molecule has 1 aromatic heterocycles. The minimum atomic E-state index is -0.532. The minimum absolute atomic E-state index is 0.00147. The zero-order valence-corrected chi connectivity index (χ0v) is 25.4. The van der Waals surface area contributed by atoms with E-state index >= 15 is 0 Å². The van der Waals surface area contributed by atoms with Crippen LogP contribution < -0.4 is 24.8 Å². The van der Waals surface area contributed by atoms with Crippen molar-refractivity contribution in [3.8, 4) is 22.9 Å². The topological polar surface area (TPSA) is 117 Å². The van der Waals surface area contributed by atoms with Gasteiger partial charge in [-0.05, 0) is 63.2 Å². The number of carbonyl (C=O) groups is 2. The van der Waals surface area contributed by atoms with Crippen molar-refractivity contribution in [1.29, 1.82) is 0 Å². The van der Waals surface area contributed by atoms with Crippen molar-refractivity contribution >= 4 is 40.9 Å². The van der Waals surface area contributed by atoms with E-state index in [1.54, 1.807) is 53.1 Å². The van der Waals surface area contributed by atoms with Crippen LogP contribution in [0.25, 0.3) is 5.69 Å².